The first kappa shape index (κ1) is 18.9. The molecule has 1 unspecified atom stereocenters. The number of rotatable bonds is 3. The van der Waals surface area contributed by atoms with Crippen LogP contribution in [0.5, 0.6) is 5.75 Å². The number of hydrogen-bond acceptors (Lipinski definition) is 6. The van der Waals surface area contributed by atoms with E-state index in [4.69, 9.17) is 9.47 Å². The fourth-order valence-electron chi connectivity index (χ4n) is 7.14. The molecule has 6 nitrogen and oxygen atoms in total. The summed E-state index contributed by atoms with van der Waals surface area (Å²) in [5.41, 5.74) is 1.79. The van der Waals surface area contributed by atoms with Crippen molar-refractivity contribution in [2.75, 3.05) is 32.1 Å². The van der Waals surface area contributed by atoms with E-state index in [2.05, 4.69) is 41.0 Å². The zero-order valence-electron chi connectivity index (χ0n) is 17.6. The van der Waals surface area contributed by atoms with Crippen LogP contribution in [0.4, 0.5) is 5.69 Å². The highest BCUT2D eigenvalue weighted by Gasteiger charge is 2.73. The van der Waals surface area contributed by atoms with Crippen molar-refractivity contribution in [2.24, 2.45) is 5.41 Å². The van der Waals surface area contributed by atoms with Crippen LogP contribution < -0.4 is 9.64 Å². The molecule has 0 aromatic heterocycles. The second kappa shape index (κ2) is 6.22. The van der Waals surface area contributed by atoms with Crippen molar-refractivity contribution in [2.45, 2.75) is 56.4 Å². The summed E-state index contributed by atoms with van der Waals surface area (Å²) < 4.78 is 11.4. The Labute approximate surface area is 172 Å². The molecule has 6 heteroatoms. The van der Waals surface area contributed by atoms with Crippen molar-refractivity contribution in [3.05, 3.63) is 35.9 Å². The summed E-state index contributed by atoms with van der Waals surface area (Å²) in [5, 5.41) is 11.7. The Hall–Kier alpha value is -2.05. The number of benzene rings is 1. The zero-order chi connectivity index (χ0) is 20.6. The van der Waals surface area contributed by atoms with Crippen LogP contribution in [0, 0.1) is 5.41 Å². The maximum atomic E-state index is 12.0. The molecule has 3 aliphatic heterocycles. The fourth-order valence-corrected chi connectivity index (χ4v) is 7.14. The fraction of sp³-hybridized carbons (Fsp3) is 0.609. The summed E-state index contributed by atoms with van der Waals surface area (Å²) in [4.78, 5) is 16.8. The van der Waals surface area contributed by atoms with E-state index >= 15 is 0 Å². The Balaban J connectivity index is 1.76. The van der Waals surface area contributed by atoms with Crippen LogP contribution in [0.15, 0.2) is 30.4 Å². The lowest BCUT2D eigenvalue weighted by Gasteiger charge is -2.60. The van der Waals surface area contributed by atoms with Gasteiger partial charge >= 0.3 is 5.97 Å². The number of anilines is 1. The average molecular weight is 399 g/mol. The third-order valence-electron chi connectivity index (χ3n) is 8.04. The van der Waals surface area contributed by atoms with Gasteiger partial charge in [0, 0.05) is 49.1 Å². The molecule has 1 aromatic carbocycles. The maximum Gasteiger partial charge on any atom is 0.303 e. The molecule has 0 amide bonds. The lowest BCUT2D eigenvalue weighted by atomic mass is 9.51. The standard InChI is InChI=1S/C23H30N2O4/c1-5-22-9-6-11-25-12-10-23(21(22)25)16-8-7-15(28-4)13-17(16)24(3)19(23)18(27)20(22)29-14(2)26/h6-9,13,18-21,27H,5,10-12H2,1-4H3/t18-,19?,20-,21-,22-,23-/m0/s1. The first-order valence-corrected chi connectivity index (χ1v) is 10.6. The Kier molecular flexibility index (Phi) is 4.07. The largest absolute Gasteiger partial charge is 0.497 e. The van der Waals surface area contributed by atoms with E-state index in [1.54, 1.807) is 7.11 Å². The van der Waals surface area contributed by atoms with Gasteiger partial charge in [0.15, 0.2) is 0 Å². The second-order valence-corrected chi connectivity index (χ2v) is 9.02. The van der Waals surface area contributed by atoms with E-state index < -0.39 is 17.6 Å². The normalized spacial score (nSPS) is 39.7. The molecule has 2 fully saturated rings. The van der Waals surface area contributed by atoms with E-state index in [0.29, 0.717) is 0 Å². The lowest BCUT2D eigenvalue weighted by molar-refractivity contribution is -0.184. The van der Waals surface area contributed by atoms with Gasteiger partial charge < -0.3 is 19.5 Å². The molecule has 1 aromatic rings. The van der Waals surface area contributed by atoms with Gasteiger partial charge in [-0.3, -0.25) is 9.69 Å². The highest BCUT2D eigenvalue weighted by atomic mass is 16.6. The van der Waals surface area contributed by atoms with Crippen molar-refractivity contribution < 1.29 is 19.4 Å². The van der Waals surface area contributed by atoms with E-state index in [1.165, 1.54) is 12.5 Å². The number of methoxy groups -OCH3 is 1. The number of carbonyl (C=O) groups is 1. The first-order valence-electron chi connectivity index (χ1n) is 10.6. The number of aliphatic hydroxyl groups is 1. The van der Waals surface area contributed by atoms with Crippen molar-refractivity contribution in [1.82, 2.24) is 4.90 Å². The Bertz CT molecular complexity index is 886. The summed E-state index contributed by atoms with van der Waals surface area (Å²) >= 11 is 0. The average Bonchev–Trinajstić information content (AvgIpc) is 3.22. The minimum absolute atomic E-state index is 0.143. The summed E-state index contributed by atoms with van der Waals surface area (Å²) in [5.74, 6) is 0.481. The quantitative estimate of drug-likeness (QED) is 0.622. The molecular weight excluding hydrogens is 368 g/mol. The predicted molar refractivity (Wildman–Crippen MR) is 110 cm³/mol. The predicted octanol–water partition coefficient (Wildman–Crippen LogP) is 2.10. The van der Waals surface area contributed by atoms with Gasteiger partial charge in [0.2, 0.25) is 0 Å². The second-order valence-electron chi connectivity index (χ2n) is 9.02. The van der Waals surface area contributed by atoms with E-state index in [9.17, 15) is 9.90 Å². The Morgan fingerprint density at radius 1 is 1.38 bits per heavy atom. The summed E-state index contributed by atoms with van der Waals surface area (Å²) in [7, 11) is 3.73. The van der Waals surface area contributed by atoms with Crippen LogP contribution in [0.25, 0.3) is 0 Å². The number of esters is 1. The van der Waals surface area contributed by atoms with Crippen molar-refractivity contribution in [1.29, 1.82) is 0 Å². The van der Waals surface area contributed by atoms with Crippen LogP contribution in [0.3, 0.4) is 0 Å². The molecule has 6 atom stereocenters. The van der Waals surface area contributed by atoms with Gasteiger partial charge in [-0.05, 0) is 31.0 Å². The minimum atomic E-state index is -0.777. The van der Waals surface area contributed by atoms with Gasteiger partial charge in [0.1, 0.15) is 18.0 Å². The zero-order valence-corrected chi connectivity index (χ0v) is 17.6. The first-order chi connectivity index (χ1) is 13.9. The van der Waals surface area contributed by atoms with Crippen molar-refractivity contribution in [3.63, 3.8) is 0 Å². The molecule has 4 aliphatic rings. The van der Waals surface area contributed by atoms with Crippen molar-refractivity contribution in [3.8, 4) is 5.75 Å². The third kappa shape index (κ3) is 2.16. The summed E-state index contributed by atoms with van der Waals surface area (Å²) in [6.07, 6.45) is 4.87. The number of aliphatic hydroxyl groups excluding tert-OH is 1. The van der Waals surface area contributed by atoms with Crippen LogP contribution in [0.2, 0.25) is 0 Å². The van der Waals surface area contributed by atoms with E-state index in [-0.39, 0.29) is 23.5 Å². The van der Waals surface area contributed by atoms with E-state index in [1.807, 2.05) is 13.1 Å². The molecule has 1 saturated heterocycles. The van der Waals surface area contributed by atoms with Gasteiger partial charge in [-0.15, -0.1) is 0 Å². The SMILES string of the molecule is CC[C@]12C=CCN3CC[C@@]4(c5ccc(OC)cc5N(C)C4[C@H](O)[C@@H]1OC(C)=O)[C@@H]32. The summed E-state index contributed by atoms with van der Waals surface area (Å²) in [6.45, 7) is 5.47. The minimum Gasteiger partial charge on any atom is -0.497 e. The third-order valence-corrected chi connectivity index (χ3v) is 8.04. The van der Waals surface area contributed by atoms with Gasteiger partial charge in [0.05, 0.1) is 13.2 Å². The molecule has 1 saturated carbocycles. The highest BCUT2D eigenvalue weighted by Crippen LogP contribution is 2.64. The van der Waals surface area contributed by atoms with Gasteiger partial charge in [0.25, 0.3) is 0 Å². The molecule has 5 rings (SSSR count). The molecular formula is C23H30N2O4. The number of fused-ring (bicyclic) bond motifs is 1. The number of likely N-dealkylation sites (N-methyl/N-ethyl adjacent to an activating group) is 1. The van der Waals surface area contributed by atoms with Crippen LogP contribution in [0.1, 0.15) is 32.3 Å². The molecule has 3 heterocycles. The van der Waals surface area contributed by atoms with Crippen LogP contribution in [-0.2, 0) is 14.9 Å². The molecule has 1 aliphatic carbocycles. The van der Waals surface area contributed by atoms with Gasteiger partial charge in [-0.1, -0.05) is 25.1 Å². The van der Waals surface area contributed by atoms with Crippen LogP contribution >= 0.6 is 0 Å². The summed E-state index contributed by atoms with van der Waals surface area (Å²) in [6, 6.07) is 6.33. The highest BCUT2D eigenvalue weighted by molar-refractivity contribution is 5.70. The maximum absolute atomic E-state index is 12.0. The number of hydrogen-bond donors (Lipinski definition) is 1. The molecule has 1 spiro atoms. The molecule has 1 N–H and O–H groups in total. The topological polar surface area (TPSA) is 62.2 Å². The molecule has 29 heavy (non-hydrogen) atoms. The van der Waals surface area contributed by atoms with Gasteiger partial charge in [-0.25, -0.2) is 0 Å². The Morgan fingerprint density at radius 2 is 2.17 bits per heavy atom. The number of ether oxygens (including phenoxy) is 2. The van der Waals surface area contributed by atoms with Gasteiger partial charge in [-0.2, -0.15) is 0 Å². The van der Waals surface area contributed by atoms with Crippen LogP contribution in [-0.4, -0.2) is 67.5 Å². The number of carbonyl (C=O) groups excluding carboxylic acids is 1. The number of nitrogens with zero attached hydrogens (tertiary/aromatic N) is 2. The lowest BCUT2D eigenvalue weighted by Crippen LogP contribution is -2.74. The molecule has 156 valence electrons. The van der Waals surface area contributed by atoms with Crippen molar-refractivity contribution >= 4 is 11.7 Å². The van der Waals surface area contributed by atoms with E-state index in [0.717, 1.165) is 37.4 Å². The molecule has 0 bridgehead atoms. The smallest absolute Gasteiger partial charge is 0.303 e. The molecule has 0 radical (unpaired) electrons. The Morgan fingerprint density at radius 3 is 2.86 bits per heavy atom. The monoisotopic (exact) mass is 398 g/mol.